The topological polar surface area (TPSA) is 60.4 Å². The summed E-state index contributed by atoms with van der Waals surface area (Å²) in [6.45, 7) is 0.775. The van der Waals surface area contributed by atoms with E-state index in [4.69, 9.17) is 25.9 Å². The number of oxime groups is 1. The Bertz CT molecular complexity index is 1000. The second-order valence-electron chi connectivity index (χ2n) is 6.97. The van der Waals surface area contributed by atoms with Crippen LogP contribution in [0.5, 0.6) is 11.5 Å². The SMILES string of the molecule is COc1cc(/C=N/OCC(=O)N(Cc2ccccc2)Cc2ccccc2)cc(Cl)c1OC. The summed E-state index contributed by atoms with van der Waals surface area (Å²) in [4.78, 5) is 19.9. The first-order valence-electron chi connectivity index (χ1n) is 10.0. The van der Waals surface area contributed by atoms with Crippen molar-refractivity contribution in [3.05, 3.63) is 94.5 Å². The molecular formula is C25H25ClN2O4. The highest BCUT2D eigenvalue weighted by Crippen LogP contribution is 2.35. The molecule has 0 aliphatic carbocycles. The van der Waals surface area contributed by atoms with Gasteiger partial charge in [0, 0.05) is 18.7 Å². The molecule has 0 atom stereocenters. The molecule has 0 bridgehead atoms. The van der Waals surface area contributed by atoms with Crippen LogP contribution in [-0.4, -0.2) is 37.8 Å². The van der Waals surface area contributed by atoms with Crippen LogP contribution in [0.25, 0.3) is 0 Å². The minimum Gasteiger partial charge on any atom is -0.493 e. The third-order valence-corrected chi connectivity index (χ3v) is 4.99. The number of ether oxygens (including phenoxy) is 2. The zero-order valence-electron chi connectivity index (χ0n) is 18.0. The Kier molecular flexibility index (Phi) is 8.52. The standard InChI is InChI=1S/C25H25ClN2O4/c1-30-23-14-21(13-22(26)25(23)31-2)15-27-32-18-24(29)28(16-19-9-5-3-6-10-19)17-20-11-7-4-8-12-20/h3-15H,16-18H2,1-2H3/b27-15+. The fourth-order valence-corrected chi connectivity index (χ4v) is 3.43. The average Bonchev–Trinajstić information content (AvgIpc) is 2.82. The minimum atomic E-state index is -0.183. The quantitative estimate of drug-likeness (QED) is 0.323. The molecule has 32 heavy (non-hydrogen) atoms. The fraction of sp³-hybridized carbons (Fsp3) is 0.200. The highest BCUT2D eigenvalue weighted by atomic mass is 35.5. The van der Waals surface area contributed by atoms with Crippen molar-refractivity contribution in [1.82, 2.24) is 4.90 Å². The second kappa shape index (κ2) is 11.8. The van der Waals surface area contributed by atoms with Crippen molar-refractivity contribution >= 4 is 23.7 Å². The lowest BCUT2D eigenvalue weighted by Crippen LogP contribution is -2.32. The molecule has 0 saturated carbocycles. The fourth-order valence-electron chi connectivity index (χ4n) is 3.13. The van der Waals surface area contributed by atoms with E-state index in [2.05, 4.69) is 5.16 Å². The summed E-state index contributed by atoms with van der Waals surface area (Å²) in [5.41, 5.74) is 2.74. The van der Waals surface area contributed by atoms with E-state index in [1.165, 1.54) is 20.4 Å². The molecule has 0 aromatic heterocycles. The highest BCUT2D eigenvalue weighted by molar-refractivity contribution is 6.32. The largest absolute Gasteiger partial charge is 0.493 e. The minimum absolute atomic E-state index is 0.166. The number of hydrogen-bond donors (Lipinski definition) is 0. The van der Waals surface area contributed by atoms with Crippen molar-refractivity contribution < 1.29 is 19.1 Å². The van der Waals surface area contributed by atoms with E-state index in [1.807, 2.05) is 60.7 Å². The van der Waals surface area contributed by atoms with Gasteiger partial charge in [-0.05, 0) is 23.3 Å². The maximum atomic E-state index is 12.9. The molecule has 6 nitrogen and oxygen atoms in total. The molecule has 1 amide bonds. The number of hydrogen-bond acceptors (Lipinski definition) is 5. The summed E-state index contributed by atoms with van der Waals surface area (Å²) in [5, 5.41) is 4.31. The molecule has 0 N–H and O–H groups in total. The number of nitrogens with zero attached hydrogens (tertiary/aromatic N) is 2. The Morgan fingerprint density at radius 3 is 2.06 bits per heavy atom. The van der Waals surface area contributed by atoms with Crippen LogP contribution in [0.4, 0.5) is 0 Å². The van der Waals surface area contributed by atoms with Crippen molar-refractivity contribution in [3.8, 4) is 11.5 Å². The monoisotopic (exact) mass is 452 g/mol. The molecule has 3 aromatic rings. The molecule has 3 rings (SSSR count). The van der Waals surface area contributed by atoms with E-state index in [9.17, 15) is 4.79 Å². The summed E-state index contributed by atoms with van der Waals surface area (Å²) >= 11 is 6.20. The Morgan fingerprint density at radius 1 is 0.938 bits per heavy atom. The van der Waals surface area contributed by atoms with Crippen molar-refractivity contribution in [2.75, 3.05) is 20.8 Å². The molecule has 0 unspecified atom stereocenters. The Balaban J connectivity index is 1.65. The summed E-state index contributed by atoms with van der Waals surface area (Å²) in [5.74, 6) is 0.759. The van der Waals surface area contributed by atoms with E-state index in [0.29, 0.717) is 35.2 Å². The molecule has 0 radical (unpaired) electrons. The van der Waals surface area contributed by atoms with Gasteiger partial charge in [-0.15, -0.1) is 0 Å². The molecule has 0 saturated heterocycles. The molecule has 0 heterocycles. The molecule has 0 aliphatic heterocycles. The van der Waals surface area contributed by atoms with E-state index in [-0.39, 0.29) is 12.5 Å². The molecule has 0 spiro atoms. The smallest absolute Gasteiger partial charge is 0.263 e. The first kappa shape index (κ1) is 23.2. The summed E-state index contributed by atoms with van der Waals surface area (Å²) in [6, 6.07) is 23.1. The van der Waals surface area contributed by atoms with Gasteiger partial charge in [0.15, 0.2) is 18.1 Å². The molecule has 0 fully saturated rings. The summed E-state index contributed by atoms with van der Waals surface area (Å²) in [7, 11) is 3.04. The normalized spacial score (nSPS) is 10.7. The molecule has 3 aromatic carbocycles. The third kappa shape index (κ3) is 6.49. The summed E-state index contributed by atoms with van der Waals surface area (Å²) in [6.07, 6.45) is 1.47. The van der Waals surface area contributed by atoms with Gasteiger partial charge in [-0.3, -0.25) is 4.79 Å². The molecule has 7 heteroatoms. The lowest BCUT2D eigenvalue weighted by Gasteiger charge is -2.22. The Labute approximate surface area is 193 Å². The van der Waals surface area contributed by atoms with Crippen molar-refractivity contribution in [3.63, 3.8) is 0 Å². The van der Waals surface area contributed by atoms with E-state index >= 15 is 0 Å². The maximum Gasteiger partial charge on any atom is 0.263 e. The van der Waals surface area contributed by atoms with Crippen molar-refractivity contribution in [1.29, 1.82) is 0 Å². The van der Waals surface area contributed by atoms with Crippen molar-refractivity contribution in [2.24, 2.45) is 5.16 Å². The number of rotatable bonds is 10. The number of amides is 1. The number of benzene rings is 3. The highest BCUT2D eigenvalue weighted by Gasteiger charge is 2.15. The second-order valence-corrected chi connectivity index (χ2v) is 7.37. The van der Waals surface area contributed by atoms with E-state index in [1.54, 1.807) is 17.0 Å². The van der Waals surface area contributed by atoms with Gasteiger partial charge in [0.25, 0.3) is 5.91 Å². The molecule has 0 aliphatic rings. The average molecular weight is 453 g/mol. The zero-order chi connectivity index (χ0) is 22.8. The van der Waals surface area contributed by atoms with E-state index < -0.39 is 0 Å². The number of carbonyl (C=O) groups is 1. The first-order chi connectivity index (χ1) is 15.6. The van der Waals surface area contributed by atoms with Crippen LogP contribution in [0.2, 0.25) is 5.02 Å². The van der Waals surface area contributed by atoms with Crippen LogP contribution in [0, 0.1) is 0 Å². The van der Waals surface area contributed by atoms with Gasteiger partial charge in [-0.25, -0.2) is 0 Å². The predicted molar refractivity (Wildman–Crippen MR) is 125 cm³/mol. The third-order valence-electron chi connectivity index (χ3n) is 4.71. The van der Waals surface area contributed by atoms with Crippen LogP contribution >= 0.6 is 11.6 Å². The van der Waals surface area contributed by atoms with Crippen LogP contribution in [0.1, 0.15) is 16.7 Å². The van der Waals surface area contributed by atoms with Gasteiger partial charge in [0.2, 0.25) is 0 Å². The van der Waals surface area contributed by atoms with Crippen LogP contribution < -0.4 is 9.47 Å². The molecular weight excluding hydrogens is 428 g/mol. The predicted octanol–water partition coefficient (Wildman–Crippen LogP) is 4.94. The van der Waals surface area contributed by atoms with Crippen LogP contribution in [0.3, 0.4) is 0 Å². The Hall–Kier alpha value is -3.51. The Morgan fingerprint density at radius 2 is 1.53 bits per heavy atom. The van der Waals surface area contributed by atoms with Gasteiger partial charge in [-0.2, -0.15) is 0 Å². The van der Waals surface area contributed by atoms with Crippen LogP contribution in [-0.2, 0) is 22.7 Å². The van der Waals surface area contributed by atoms with Crippen molar-refractivity contribution in [2.45, 2.75) is 13.1 Å². The van der Waals surface area contributed by atoms with Crippen LogP contribution in [0.15, 0.2) is 78.0 Å². The molecule has 166 valence electrons. The van der Waals surface area contributed by atoms with Gasteiger partial charge >= 0.3 is 0 Å². The van der Waals surface area contributed by atoms with Gasteiger partial charge < -0.3 is 19.2 Å². The lowest BCUT2D eigenvalue weighted by atomic mass is 10.1. The number of halogens is 1. The lowest BCUT2D eigenvalue weighted by molar-refractivity contribution is -0.137. The zero-order valence-corrected chi connectivity index (χ0v) is 18.8. The van der Waals surface area contributed by atoms with Gasteiger partial charge in [0.05, 0.1) is 25.5 Å². The van der Waals surface area contributed by atoms with E-state index in [0.717, 1.165) is 11.1 Å². The van der Waals surface area contributed by atoms with Gasteiger partial charge in [0.1, 0.15) is 0 Å². The van der Waals surface area contributed by atoms with Gasteiger partial charge in [-0.1, -0.05) is 77.4 Å². The maximum absolute atomic E-state index is 12.9. The number of methoxy groups -OCH3 is 2. The first-order valence-corrected chi connectivity index (χ1v) is 10.4. The summed E-state index contributed by atoms with van der Waals surface area (Å²) < 4.78 is 10.5. The number of carbonyl (C=O) groups excluding carboxylic acids is 1.